The third-order valence-corrected chi connectivity index (χ3v) is 3.44. The Kier molecular flexibility index (Phi) is 2.45. The van der Waals surface area contributed by atoms with Gasteiger partial charge in [-0.25, -0.2) is 4.98 Å². The molecule has 0 spiro atoms. The number of hydrogen-bond donors (Lipinski definition) is 1. The van der Waals surface area contributed by atoms with Crippen LogP contribution < -0.4 is 0 Å². The zero-order valence-electron chi connectivity index (χ0n) is 10.3. The molecule has 3 rings (SSSR count). The summed E-state index contributed by atoms with van der Waals surface area (Å²) >= 11 is 0. The van der Waals surface area contributed by atoms with E-state index in [9.17, 15) is 5.11 Å². The Balaban J connectivity index is 2.19. The van der Waals surface area contributed by atoms with Crippen LogP contribution in [0.3, 0.4) is 0 Å². The first-order chi connectivity index (χ1) is 8.70. The van der Waals surface area contributed by atoms with Crippen molar-refractivity contribution in [2.24, 2.45) is 7.05 Å². The van der Waals surface area contributed by atoms with Gasteiger partial charge in [0.2, 0.25) is 0 Å². The summed E-state index contributed by atoms with van der Waals surface area (Å²) in [5.41, 5.74) is 5.78. The summed E-state index contributed by atoms with van der Waals surface area (Å²) in [4.78, 5) is 4.10. The fourth-order valence-electron chi connectivity index (χ4n) is 2.21. The molecule has 0 unspecified atom stereocenters. The summed E-state index contributed by atoms with van der Waals surface area (Å²) in [6.45, 7) is 2.06. The van der Waals surface area contributed by atoms with Gasteiger partial charge in [0.15, 0.2) is 12.0 Å². The molecule has 0 radical (unpaired) electrons. The van der Waals surface area contributed by atoms with Crippen LogP contribution in [0, 0.1) is 6.92 Å². The van der Waals surface area contributed by atoms with E-state index in [1.807, 2.05) is 38.2 Å². The second-order valence-electron chi connectivity index (χ2n) is 4.39. The SMILES string of the molecule is Cc1c(CO)cc(-c2ccc3ncoc3c2)n1C. The van der Waals surface area contributed by atoms with Gasteiger partial charge in [-0.3, -0.25) is 0 Å². The topological polar surface area (TPSA) is 51.2 Å². The van der Waals surface area contributed by atoms with Crippen molar-refractivity contribution >= 4 is 11.1 Å². The number of aliphatic hydroxyl groups is 1. The smallest absolute Gasteiger partial charge is 0.181 e. The second-order valence-corrected chi connectivity index (χ2v) is 4.39. The molecule has 0 fully saturated rings. The van der Waals surface area contributed by atoms with E-state index >= 15 is 0 Å². The summed E-state index contributed by atoms with van der Waals surface area (Å²) < 4.78 is 7.39. The largest absolute Gasteiger partial charge is 0.443 e. The summed E-state index contributed by atoms with van der Waals surface area (Å²) in [6, 6.07) is 7.93. The molecule has 4 nitrogen and oxygen atoms in total. The number of oxazole rings is 1. The average Bonchev–Trinajstić information content (AvgIpc) is 2.95. The van der Waals surface area contributed by atoms with Crippen molar-refractivity contribution in [3.05, 3.63) is 41.9 Å². The molecule has 0 bridgehead atoms. The van der Waals surface area contributed by atoms with E-state index in [1.54, 1.807) is 0 Å². The summed E-state index contributed by atoms with van der Waals surface area (Å²) in [5, 5.41) is 9.30. The zero-order chi connectivity index (χ0) is 12.7. The second kappa shape index (κ2) is 3.99. The maximum atomic E-state index is 9.30. The van der Waals surface area contributed by atoms with Crippen LogP contribution >= 0.6 is 0 Å². The molecule has 4 heteroatoms. The van der Waals surface area contributed by atoms with E-state index in [1.165, 1.54) is 6.39 Å². The number of rotatable bonds is 2. The highest BCUT2D eigenvalue weighted by Gasteiger charge is 2.11. The summed E-state index contributed by atoms with van der Waals surface area (Å²) in [5.74, 6) is 0. The average molecular weight is 242 g/mol. The molecule has 0 saturated heterocycles. The van der Waals surface area contributed by atoms with Gasteiger partial charge in [0.1, 0.15) is 5.52 Å². The fraction of sp³-hybridized carbons (Fsp3) is 0.214. The minimum atomic E-state index is 0.0597. The van der Waals surface area contributed by atoms with E-state index < -0.39 is 0 Å². The molecule has 0 aliphatic carbocycles. The first kappa shape index (κ1) is 11.0. The normalized spacial score (nSPS) is 11.3. The lowest BCUT2D eigenvalue weighted by atomic mass is 10.1. The van der Waals surface area contributed by atoms with Crippen molar-refractivity contribution in [3.63, 3.8) is 0 Å². The van der Waals surface area contributed by atoms with E-state index in [0.717, 1.165) is 33.6 Å². The van der Waals surface area contributed by atoms with Gasteiger partial charge in [-0.1, -0.05) is 6.07 Å². The van der Waals surface area contributed by atoms with Crippen molar-refractivity contribution in [1.29, 1.82) is 0 Å². The van der Waals surface area contributed by atoms with Gasteiger partial charge in [-0.05, 0) is 30.7 Å². The Labute approximate surface area is 104 Å². The van der Waals surface area contributed by atoms with Crippen LogP contribution in [-0.4, -0.2) is 14.7 Å². The van der Waals surface area contributed by atoms with E-state index in [4.69, 9.17) is 4.42 Å². The van der Waals surface area contributed by atoms with Gasteiger partial charge >= 0.3 is 0 Å². The van der Waals surface area contributed by atoms with Crippen LogP contribution in [0.15, 0.2) is 35.1 Å². The van der Waals surface area contributed by atoms with Crippen molar-refractivity contribution in [2.45, 2.75) is 13.5 Å². The number of hydrogen-bond acceptors (Lipinski definition) is 3. The van der Waals surface area contributed by atoms with E-state index in [2.05, 4.69) is 9.55 Å². The maximum Gasteiger partial charge on any atom is 0.181 e. The van der Waals surface area contributed by atoms with Gasteiger partial charge in [0.05, 0.1) is 6.61 Å². The maximum absolute atomic E-state index is 9.30. The molecule has 0 saturated carbocycles. The summed E-state index contributed by atoms with van der Waals surface area (Å²) in [7, 11) is 1.99. The molecule has 0 amide bonds. The fourth-order valence-corrected chi connectivity index (χ4v) is 2.21. The van der Waals surface area contributed by atoms with Crippen LogP contribution in [0.5, 0.6) is 0 Å². The predicted molar refractivity (Wildman–Crippen MR) is 69.1 cm³/mol. The van der Waals surface area contributed by atoms with Crippen LogP contribution in [0.1, 0.15) is 11.3 Å². The van der Waals surface area contributed by atoms with Gasteiger partial charge in [-0.15, -0.1) is 0 Å². The number of nitrogens with zero attached hydrogens (tertiary/aromatic N) is 2. The lowest BCUT2D eigenvalue weighted by molar-refractivity contribution is 0.281. The molecule has 2 aromatic heterocycles. The Morgan fingerprint density at radius 2 is 2.17 bits per heavy atom. The molecule has 1 N–H and O–H groups in total. The molecular weight excluding hydrogens is 228 g/mol. The Morgan fingerprint density at radius 1 is 1.33 bits per heavy atom. The van der Waals surface area contributed by atoms with Gasteiger partial charge in [0.25, 0.3) is 0 Å². The number of benzene rings is 1. The molecule has 0 atom stereocenters. The summed E-state index contributed by atoms with van der Waals surface area (Å²) in [6.07, 6.45) is 1.45. The van der Waals surface area contributed by atoms with Gasteiger partial charge < -0.3 is 14.1 Å². The van der Waals surface area contributed by atoms with Gasteiger partial charge in [-0.2, -0.15) is 0 Å². The van der Waals surface area contributed by atoms with Crippen molar-refractivity contribution in [1.82, 2.24) is 9.55 Å². The lowest BCUT2D eigenvalue weighted by Gasteiger charge is -2.05. The third kappa shape index (κ3) is 1.54. The van der Waals surface area contributed by atoms with Gasteiger partial charge in [0, 0.05) is 24.0 Å². The lowest BCUT2D eigenvalue weighted by Crippen LogP contribution is -1.95. The zero-order valence-corrected chi connectivity index (χ0v) is 10.3. The van der Waals surface area contributed by atoms with Crippen molar-refractivity contribution < 1.29 is 9.52 Å². The third-order valence-electron chi connectivity index (χ3n) is 3.44. The van der Waals surface area contributed by atoms with E-state index in [-0.39, 0.29) is 6.61 Å². The molecule has 92 valence electrons. The number of aromatic nitrogens is 2. The molecular formula is C14H14N2O2. The number of fused-ring (bicyclic) bond motifs is 1. The highest BCUT2D eigenvalue weighted by molar-refractivity contribution is 5.79. The highest BCUT2D eigenvalue weighted by atomic mass is 16.3. The first-order valence-corrected chi connectivity index (χ1v) is 5.80. The highest BCUT2D eigenvalue weighted by Crippen LogP contribution is 2.27. The Hall–Kier alpha value is -2.07. The van der Waals surface area contributed by atoms with E-state index in [0.29, 0.717) is 0 Å². The monoisotopic (exact) mass is 242 g/mol. The standard InChI is InChI=1S/C14H14N2O2/c1-9-11(7-17)5-13(16(9)2)10-3-4-12-14(6-10)18-8-15-12/h3-6,8,17H,7H2,1-2H3. The molecule has 18 heavy (non-hydrogen) atoms. The van der Waals surface area contributed by atoms with Crippen LogP contribution in [-0.2, 0) is 13.7 Å². The molecule has 0 aliphatic rings. The van der Waals surface area contributed by atoms with Crippen LogP contribution in [0.4, 0.5) is 0 Å². The first-order valence-electron chi connectivity index (χ1n) is 5.80. The molecule has 2 heterocycles. The van der Waals surface area contributed by atoms with Crippen LogP contribution in [0.25, 0.3) is 22.4 Å². The minimum Gasteiger partial charge on any atom is -0.443 e. The molecule has 3 aromatic rings. The Morgan fingerprint density at radius 3 is 2.89 bits per heavy atom. The van der Waals surface area contributed by atoms with Crippen LogP contribution in [0.2, 0.25) is 0 Å². The molecule has 1 aromatic carbocycles. The minimum absolute atomic E-state index is 0.0597. The number of aliphatic hydroxyl groups excluding tert-OH is 1. The quantitative estimate of drug-likeness (QED) is 0.751. The van der Waals surface area contributed by atoms with Crippen molar-refractivity contribution in [2.75, 3.05) is 0 Å². The molecule has 0 aliphatic heterocycles. The van der Waals surface area contributed by atoms with Crippen molar-refractivity contribution in [3.8, 4) is 11.3 Å². The predicted octanol–water partition coefficient (Wildman–Crippen LogP) is 2.63. The Bertz CT molecular complexity index is 710.